The first-order chi connectivity index (χ1) is 67.3. The molecule has 4 unspecified atom stereocenters. The third-order valence-electron chi connectivity index (χ3n) is 32.4. The Hall–Kier alpha value is -12.6. The number of aromatic nitrogens is 14. The highest BCUT2D eigenvalue weighted by Crippen LogP contribution is 2.59. The Morgan fingerprint density at radius 2 is 0.592 bits per heavy atom. The number of pyridine rings is 2. The molecule has 6 N–H and O–H groups in total. The minimum absolute atomic E-state index is 0.00771. The SMILES string of the molecule is CC1(C)CC(=O)C2=C(Cc3[nH]nc(Br)c3C2c2ccccc2)C1.Cc1[nH]nc2c1C(C)(c1ccccc1)C1=C(C2)CC(C)(C)CC1=O.Cc1[nH]nc2c1C(C)(c1cccnc1)C1=C(C2)CC(C)(C)CC1=O.Cc1[nH]nc2c1C(c1cccnc1)C1=C(C2)CC(C)(C)CC1=O.Cc1ccccc1[C@@H]1C2=C(Cc3n[nH]c(C)c31)CC(C)(C)CC2=O.Cc1ccccc1[C@H]1C2=C(Cc3n[nH]c(C)c31)CC(C)(C)CC2=O. The molecule has 0 bridgehead atoms. The average Bonchev–Trinajstić information content (AvgIpc) is 1.43. The Labute approximate surface area is 843 Å². The summed E-state index contributed by atoms with van der Waals surface area (Å²) >= 11 is 3.57. The van der Waals surface area contributed by atoms with Crippen LogP contribution in [0.25, 0.3) is 0 Å². The van der Waals surface area contributed by atoms with Crippen molar-refractivity contribution in [2.45, 2.75) is 295 Å². The molecule has 0 radical (unpaired) electrons. The summed E-state index contributed by atoms with van der Waals surface area (Å²) in [4.78, 5) is 87.1. The van der Waals surface area contributed by atoms with Crippen molar-refractivity contribution in [1.29, 1.82) is 0 Å². The molecule has 8 aromatic heterocycles. The number of aryl methyl sites for hydroxylation is 7. The van der Waals surface area contributed by atoms with E-state index < -0.39 is 10.8 Å². The van der Waals surface area contributed by atoms with E-state index in [2.05, 4.69) is 316 Å². The molecule has 12 aliphatic carbocycles. The third-order valence-corrected chi connectivity index (χ3v) is 33.0. The maximum atomic E-state index is 13.2. The quantitative estimate of drug-likeness (QED) is 0.0902. The summed E-state index contributed by atoms with van der Waals surface area (Å²) in [5, 5.41) is 46.0. The van der Waals surface area contributed by atoms with E-state index in [0.717, 1.165) is 206 Å². The van der Waals surface area contributed by atoms with Crippen molar-refractivity contribution >= 4 is 50.6 Å². The first kappa shape index (κ1) is 98.2. The molecule has 21 heteroatoms. The maximum Gasteiger partial charge on any atom is 0.160 e. The number of hydrogen-bond donors (Lipinski definition) is 6. The van der Waals surface area contributed by atoms with Crippen LogP contribution in [0.4, 0.5) is 0 Å². The lowest BCUT2D eigenvalue weighted by Gasteiger charge is -2.43. The van der Waals surface area contributed by atoms with Crippen molar-refractivity contribution in [2.75, 3.05) is 0 Å². The smallest absolute Gasteiger partial charge is 0.160 e. The summed E-state index contributed by atoms with van der Waals surface area (Å²) in [6.07, 6.45) is 21.7. The third kappa shape index (κ3) is 18.1. The van der Waals surface area contributed by atoms with Crippen LogP contribution in [0.5, 0.6) is 0 Å². The number of carbonyl (C=O) groups is 6. The summed E-state index contributed by atoms with van der Waals surface area (Å²) in [5.74, 6) is 1.84. The highest BCUT2D eigenvalue weighted by Gasteiger charge is 2.54. The largest absolute Gasteiger partial charge is 0.294 e. The number of nitrogens with one attached hydrogen (secondary N) is 6. The van der Waals surface area contributed by atoms with Crippen LogP contribution in [-0.2, 0) is 78.1 Å². The number of fused-ring (bicyclic) bond motifs is 6. The van der Waals surface area contributed by atoms with Gasteiger partial charge in [0, 0.05) is 232 Å². The average molecular weight is 1960 g/mol. The van der Waals surface area contributed by atoms with Gasteiger partial charge in [0.05, 0.1) is 33.9 Å². The van der Waals surface area contributed by atoms with Crippen LogP contribution in [-0.4, -0.2) is 106 Å². The van der Waals surface area contributed by atoms with Crippen LogP contribution >= 0.6 is 15.9 Å². The molecule has 12 aliphatic rings. The molecule has 4 aromatic carbocycles. The fraction of sp³-hybridized carbons (Fsp3) is 0.421. The van der Waals surface area contributed by atoms with Crippen molar-refractivity contribution < 1.29 is 28.8 Å². The molecule has 0 amide bonds. The van der Waals surface area contributed by atoms with E-state index in [9.17, 15) is 28.8 Å². The van der Waals surface area contributed by atoms with Gasteiger partial charge < -0.3 is 0 Å². The molecule has 732 valence electrons. The van der Waals surface area contributed by atoms with E-state index in [1.54, 1.807) is 12.4 Å². The number of halogens is 1. The van der Waals surface area contributed by atoms with Gasteiger partial charge in [0.2, 0.25) is 0 Å². The second-order valence-corrected chi connectivity index (χ2v) is 48.4. The predicted molar refractivity (Wildman–Crippen MR) is 559 cm³/mol. The van der Waals surface area contributed by atoms with E-state index in [4.69, 9.17) is 0 Å². The van der Waals surface area contributed by atoms with Gasteiger partial charge in [-0.05, 0) is 206 Å². The lowest BCUT2D eigenvalue weighted by atomic mass is 9.58. The lowest BCUT2D eigenvalue weighted by Crippen LogP contribution is -2.41. The Morgan fingerprint density at radius 1 is 0.282 bits per heavy atom. The van der Waals surface area contributed by atoms with Gasteiger partial charge in [0.25, 0.3) is 0 Å². The highest BCUT2D eigenvalue weighted by atomic mass is 79.9. The summed E-state index contributed by atoms with van der Waals surface area (Å²) in [5.41, 5.74) is 41.6. The molecule has 0 aliphatic heterocycles. The number of nitrogens with zero attached hydrogens (tertiary/aromatic N) is 8. The van der Waals surface area contributed by atoms with Crippen molar-refractivity contribution in [1.82, 2.24) is 71.2 Å². The van der Waals surface area contributed by atoms with E-state index in [0.29, 0.717) is 61.7 Å². The fourth-order valence-electron chi connectivity index (χ4n) is 27.1. The number of rotatable bonds is 6. The Morgan fingerprint density at radius 3 is 0.986 bits per heavy atom. The molecular formula is C121H135BrN14O6. The number of aromatic amines is 6. The van der Waals surface area contributed by atoms with Crippen molar-refractivity contribution in [3.05, 3.63) is 370 Å². The first-order valence-electron chi connectivity index (χ1n) is 50.8. The van der Waals surface area contributed by atoms with Gasteiger partial charge >= 0.3 is 0 Å². The topological polar surface area (TPSA) is 300 Å². The van der Waals surface area contributed by atoms with Gasteiger partial charge in [-0.15, -0.1) is 0 Å². The molecule has 12 aromatic rings. The number of Topliss-reactive ketones (excluding diaryl/α,β-unsaturated/α-hetero) is 6. The molecule has 0 fully saturated rings. The first-order valence-corrected chi connectivity index (χ1v) is 51.6. The van der Waals surface area contributed by atoms with Gasteiger partial charge in [-0.1, -0.05) is 238 Å². The van der Waals surface area contributed by atoms with E-state index >= 15 is 0 Å². The van der Waals surface area contributed by atoms with Crippen LogP contribution in [0.1, 0.15) is 338 Å². The summed E-state index contributed by atoms with van der Waals surface area (Å²) in [7, 11) is 0. The number of allylic oxidation sites excluding steroid dienone is 12. The van der Waals surface area contributed by atoms with E-state index in [1.165, 1.54) is 83.5 Å². The minimum Gasteiger partial charge on any atom is -0.294 e. The highest BCUT2D eigenvalue weighted by molar-refractivity contribution is 9.10. The second kappa shape index (κ2) is 37.0. The van der Waals surface area contributed by atoms with Crippen molar-refractivity contribution in [3.63, 3.8) is 0 Å². The van der Waals surface area contributed by atoms with Gasteiger partial charge in [0.1, 0.15) is 4.60 Å². The van der Waals surface area contributed by atoms with E-state index in [-0.39, 0.29) is 67.7 Å². The number of hydrogen-bond acceptors (Lipinski definition) is 14. The predicted octanol–water partition coefficient (Wildman–Crippen LogP) is 24.8. The molecule has 8 heterocycles. The monoisotopic (exact) mass is 1960 g/mol. The molecule has 24 rings (SSSR count). The molecule has 6 atom stereocenters. The number of benzene rings is 4. The molecular weight excluding hydrogens is 1830 g/mol. The normalized spacial score (nSPS) is 23.5. The molecule has 142 heavy (non-hydrogen) atoms. The number of H-pyrrole nitrogens is 6. The molecule has 0 saturated carbocycles. The Kier molecular flexibility index (Phi) is 25.6. The molecule has 0 saturated heterocycles. The minimum atomic E-state index is -0.470. The zero-order chi connectivity index (χ0) is 101. The van der Waals surface area contributed by atoms with Gasteiger partial charge in [-0.25, -0.2) is 0 Å². The fourth-order valence-corrected chi connectivity index (χ4v) is 27.7. The number of ketones is 6. The van der Waals surface area contributed by atoms with Crippen LogP contribution in [0.2, 0.25) is 0 Å². The Bertz CT molecular complexity index is 6890. The zero-order valence-electron chi connectivity index (χ0n) is 86.5. The number of carbonyl (C=O) groups excluding carboxylic acids is 6. The van der Waals surface area contributed by atoms with Crippen molar-refractivity contribution in [2.24, 2.45) is 32.5 Å². The van der Waals surface area contributed by atoms with Crippen LogP contribution in [0.15, 0.2) is 230 Å². The maximum absolute atomic E-state index is 13.2. The zero-order valence-corrected chi connectivity index (χ0v) is 88.0. The summed E-state index contributed by atoms with van der Waals surface area (Å²) < 4.78 is 0.825. The van der Waals surface area contributed by atoms with E-state index in [1.807, 2.05) is 62.6 Å². The van der Waals surface area contributed by atoms with Crippen LogP contribution in [0.3, 0.4) is 0 Å². The van der Waals surface area contributed by atoms with Gasteiger partial charge in [-0.3, -0.25) is 69.3 Å². The standard InChI is InChI=1S/3C21H24N2O.C20H23N3O.C19H19BrN2O.C19H21N3O/c2*1-12-7-5-6-8-15(12)20-18-13(2)22-23-16(18)9-14-10-21(3,4)11-17(24)19(14)20;1-13-18-16(23-22-13)10-14-11-20(2,3)12-17(24)19(14)21(18,4)15-8-6-5-7-9-15;1-12-17-15(23-22-12)8-13-9-19(2,3)10-16(24)18(13)20(17,4)14-6-5-7-21-11-14;1-19(2)9-12-8-13-17(18(20)22-21-13)16(15(12)14(23)10-19)11-6-4-3-5-7-11;1-11-16-14(22-21-11)7-13-8-19(2,3)9-15(23)17(13)18(16)12-5-4-6-20-10-12/h2*5-8,20H,9-11H2,1-4H3,(H,22,23);5-9H,10-12H2,1-4H3,(H,22,23);5-7,11H,8-10H2,1-4H3,(H,22,23);3-7,16H,8-10H2,1-2H3,(H,21,22);4-6,10,18H,7-9H2,1-3H3,(H,21,22)/t2*20-;;;;/m10..../s1. The summed E-state index contributed by atoms with van der Waals surface area (Å²) in [6, 6.07) is 45.6. The van der Waals surface area contributed by atoms with Crippen LogP contribution < -0.4 is 0 Å². The van der Waals surface area contributed by atoms with Crippen LogP contribution in [0, 0.1) is 81.0 Å². The van der Waals surface area contributed by atoms with Crippen molar-refractivity contribution in [3.8, 4) is 0 Å². The second-order valence-electron chi connectivity index (χ2n) is 47.6. The molecule has 20 nitrogen and oxygen atoms in total. The van der Waals surface area contributed by atoms with Gasteiger partial charge in [-0.2, -0.15) is 30.6 Å². The van der Waals surface area contributed by atoms with Gasteiger partial charge in [0.15, 0.2) is 34.7 Å². The molecule has 0 spiro atoms. The lowest BCUT2D eigenvalue weighted by molar-refractivity contribution is -0.119. The Balaban J connectivity index is 0.000000108. The summed E-state index contributed by atoms with van der Waals surface area (Å²) in [6.45, 7) is 45.2.